The number of rotatable bonds is 5. The van der Waals surface area contributed by atoms with Crippen molar-refractivity contribution < 1.29 is 4.79 Å². The lowest BCUT2D eigenvalue weighted by Gasteiger charge is -2.14. The summed E-state index contributed by atoms with van der Waals surface area (Å²) in [6.45, 7) is 5.69. The van der Waals surface area contributed by atoms with E-state index in [0.29, 0.717) is 0 Å². The van der Waals surface area contributed by atoms with Gasteiger partial charge >= 0.3 is 6.03 Å². The highest BCUT2D eigenvalue weighted by Gasteiger charge is 2.34. The van der Waals surface area contributed by atoms with E-state index in [2.05, 4.69) is 17.6 Å². The minimum absolute atomic E-state index is 0.0923. The van der Waals surface area contributed by atoms with E-state index in [1.165, 1.54) is 12.8 Å². The molecular weight excluding hydrogens is 178 g/mol. The molecule has 2 N–H and O–H groups in total. The molecule has 1 heterocycles. The fourth-order valence-electron chi connectivity index (χ4n) is 2.06. The maximum Gasteiger partial charge on any atom is 0.317 e. The molecule has 1 saturated carbocycles. The third-order valence-corrected chi connectivity index (χ3v) is 3.18. The van der Waals surface area contributed by atoms with Gasteiger partial charge in [-0.25, -0.2) is 4.79 Å². The molecule has 4 heteroatoms. The maximum atomic E-state index is 11.2. The number of hydrogen-bond acceptors (Lipinski definition) is 2. The van der Waals surface area contributed by atoms with E-state index in [9.17, 15) is 4.79 Å². The van der Waals surface area contributed by atoms with Crippen molar-refractivity contribution in [2.24, 2.45) is 5.92 Å². The van der Waals surface area contributed by atoms with Crippen molar-refractivity contribution in [2.45, 2.75) is 25.8 Å². The predicted octanol–water partition coefficient (Wildman–Crippen LogP) is 0.400. The molecule has 80 valence electrons. The Labute approximate surface area is 85.0 Å². The molecule has 0 aromatic carbocycles. The van der Waals surface area contributed by atoms with Gasteiger partial charge in [0.25, 0.3) is 0 Å². The number of hydrogen-bond donors (Lipinski definition) is 2. The molecule has 0 bridgehead atoms. The Morgan fingerprint density at radius 1 is 1.64 bits per heavy atom. The van der Waals surface area contributed by atoms with Gasteiger partial charge in [0.1, 0.15) is 0 Å². The SMILES string of the molecule is CCC1CC1NCCN1CCNC1=O. The minimum Gasteiger partial charge on any atom is -0.336 e. The zero-order valence-electron chi connectivity index (χ0n) is 8.75. The van der Waals surface area contributed by atoms with Crippen molar-refractivity contribution in [3.63, 3.8) is 0 Å². The van der Waals surface area contributed by atoms with Gasteiger partial charge in [0.15, 0.2) is 0 Å². The van der Waals surface area contributed by atoms with E-state index in [0.717, 1.165) is 38.1 Å². The molecule has 1 aliphatic carbocycles. The molecule has 4 nitrogen and oxygen atoms in total. The van der Waals surface area contributed by atoms with Crippen molar-refractivity contribution >= 4 is 6.03 Å². The van der Waals surface area contributed by atoms with Gasteiger partial charge in [-0.1, -0.05) is 13.3 Å². The third kappa shape index (κ3) is 2.18. The molecule has 2 aliphatic rings. The van der Waals surface area contributed by atoms with E-state index in [-0.39, 0.29) is 6.03 Å². The molecule has 0 spiro atoms. The summed E-state index contributed by atoms with van der Waals surface area (Å²) in [5, 5.41) is 6.29. The number of nitrogens with one attached hydrogen (secondary N) is 2. The summed E-state index contributed by atoms with van der Waals surface area (Å²) in [6.07, 6.45) is 2.60. The number of urea groups is 1. The number of amides is 2. The lowest BCUT2D eigenvalue weighted by atomic mass is 10.3. The highest BCUT2D eigenvalue weighted by Crippen LogP contribution is 2.32. The first kappa shape index (κ1) is 9.77. The van der Waals surface area contributed by atoms with Crippen LogP contribution in [0.15, 0.2) is 0 Å². The first-order chi connectivity index (χ1) is 6.81. The molecule has 0 radical (unpaired) electrons. The highest BCUT2D eigenvalue weighted by molar-refractivity contribution is 5.76. The molecular formula is C10H19N3O. The standard InChI is InChI=1S/C10H19N3O/c1-2-8-7-9(8)11-3-5-13-6-4-12-10(13)14/h8-9,11H,2-7H2,1H3,(H,12,14). The summed E-state index contributed by atoms with van der Waals surface area (Å²) in [5.41, 5.74) is 0. The summed E-state index contributed by atoms with van der Waals surface area (Å²) >= 11 is 0. The van der Waals surface area contributed by atoms with Crippen LogP contribution < -0.4 is 10.6 Å². The molecule has 2 rings (SSSR count). The van der Waals surface area contributed by atoms with Gasteiger partial charge in [0.2, 0.25) is 0 Å². The zero-order chi connectivity index (χ0) is 9.97. The summed E-state index contributed by atoms with van der Waals surface area (Å²) in [4.78, 5) is 13.0. The molecule has 2 atom stereocenters. The van der Waals surface area contributed by atoms with Crippen LogP contribution in [0, 0.1) is 5.92 Å². The van der Waals surface area contributed by atoms with Crippen LogP contribution in [0.4, 0.5) is 4.79 Å². The fourth-order valence-corrected chi connectivity index (χ4v) is 2.06. The van der Waals surface area contributed by atoms with Gasteiger partial charge in [0.05, 0.1) is 0 Å². The Kier molecular flexibility index (Phi) is 2.91. The van der Waals surface area contributed by atoms with Crippen LogP contribution in [0.1, 0.15) is 19.8 Å². The number of nitrogens with zero attached hydrogens (tertiary/aromatic N) is 1. The van der Waals surface area contributed by atoms with Crippen molar-refractivity contribution in [1.29, 1.82) is 0 Å². The molecule has 1 saturated heterocycles. The Morgan fingerprint density at radius 2 is 2.50 bits per heavy atom. The first-order valence-electron chi connectivity index (χ1n) is 5.57. The van der Waals surface area contributed by atoms with Crippen molar-refractivity contribution in [3.05, 3.63) is 0 Å². The van der Waals surface area contributed by atoms with Crippen molar-refractivity contribution in [2.75, 3.05) is 26.2 Å². The average molecular weight is 197 g/mol. The summed E-state index contributed by atoms with van der Waals surface area (Å²) in [5.74, 6) is 0.891. The van der Waals surface area contributed by atoms with Crippen LogP contribution in [-0.4, -0.2) is 43.2 Å². The second kappa shape index (κ2) is 4.17. The number of carbonyl (C=O) groups excluding carboxylic acids is 1. The van der Waals surface area contributed by atoms with Crippen LogP contribution in [0.5, 0.6) is 0 Å². The van der Waals surface area contributed by atoms with E-state index < -0.39 is 0 Å². The van der Waals surface area contributed by atoms with E-state index in [1.807, 2.05) is 4.90 Å². The van der Waals surface area contributed by atoms with E-state index >= 15 is 0 Å². The minimum atomic E-state index is 0.0923. The molecule has 2 fully saturated rings. The van der Waals surface area contributed by atoms with E-state index in [1.54, 1.807) is 0 Å². The number of carbonyl (C=O) groups is 1. The monoisotopic (exact) mass is 197 g/mol. The first-order valence-corrected chi connectivity index (χ1v) is 5.57. The summed E-state index contributed by atoms with van der Waals surface area (Å²) in [6, 6.07) is 0.820. The van der Waals surface area contributed by atoms with Gasteiger partial charge in [-0.2, -0.15) is 0 Å². The van der Waals surface area contributed by atoms with Crippen LogP contribution >= 0.6 is 0 Å². The average Bonchev–Trinajstić information content (AvgIpc) is 2.83. The topological polar surface area (TPSA) is 44.4 Å². The van der Waals surface area contributed by atoms with Gasteiger partial charge in [0, 0.05) is 32.2 Å². The second-order valence-corrected chi connectivity index (χ2v) is 4.18. The third-order valence-electron chi connectivity index (χ3n) is 3.18. The van der Waals surface area contributed by atoms with Crippen molar-refractivity contribution in [1.82, 2.24) is 15.5 Å². The smallest absolute Gasteiger partial charge is 0.317 e. The molecule has 2 amide bonds. The van der Waals surface area contributed by atoms with Gasteiger partial charge in [-0.3, -0.25) is 0 Å². The Morgan fingerprint density at radius 3 is 3.07 bits per heavy atom. The maximum absolute atomic E-state index is 11.2. The lowest BCUT2D eigenvalue weighted by molar-refractivity contribution is 0.217. The zero-order valence-corrected chi connectivity index (χ0v) is 8.75. The fraction of sp³-hybridized carbons (Fsp3) is 0.900. The lowest BCUT2D eigenvalue weighted by Crippen LogP contribution is -2.35. The molecule has 0 aromatic heterocycles. The Hall–Kier alpha value is -0.770. The normalized spacial score (nSPS) is 30.6. The van der Waals surface area contributed by atoms with Crippen LogP contribution in [-0.2, 0) is 0 Å². The quantitative estimate of drug-likeness (QED) is 0.670. The van der Waals surface area contributed by atoms with E-state index in [4.69, 9.17) is 0 Å². The Bertz CT molecular complexity index is 219. The Balaban J connectivity index is 1.57. The molecule has 2 unspecified atom stereocenters. The largest absolute Gasteiger partial charge is 0.336 e. The van der Waals surface area contributed by atoms with Crippen molar-refractivity contribution in [3.8, 4) is 0 Å². The van der Waals surface area contributed by atoms with Gasteiger partial charge < -0.3 is 15.5 Å². The molecule has 1 aliphatic heterocycles. The highest BCUT2D eigenvalue weighted by atomic mass is 16.2. The van der Waals surface area contributed by atoms with Gasteiger partial charge in [-0.15, -0.1) is 0 Å². The van der Waals surface area contributed by atoms with Crippen LogP contribution in [0.2, 0.25) is 0 Å². The summed E-state index contributed by atoms with van der Waals surface area (Å²) < 4.78 is 0. The van der Waals surface area contributed by atoms with Crippen LogP contribution in [0.25, 0.3) is 0 Å². The molecule has 0 aromatic rings. The van der Waals surface area contributed by atoms with Crippen LogP contribution in [0.3, 0.4) is 0 Å². The van der Waals surface area contributed by atoms with Gasteiger partial charge in [-0.05, 0) is 12.3 Å². The molecule has 14 heavy (non-hydrogen) atoms. The summed E-state index contributed by atoms with van der Waals surface area (Å²) in [7, 11) is 0. The predicted molar refractivity (Wildman–Crippen MR) is 55.2 cm³/mol. The second-order valence-electron chi connectivity index (χ2n) is 4.18.